The number of nitrogens with zero attached hydrogens (tertiary/aromatic N) is 5. The number of fused-ring (bicyclic) bond motifs is 17. The fourth-order valence-corrected chi connectivity index (χ4v) is 12.4. The molecule has 5 heterocycles. The Balaban J connectivity index is 1.09. The summed E-state index contributed by atoms with van der Waals surface area (Å²) in [6, 6.07) is 82.7. The van der Waals surface area contributed by atoms with Crippen LogP contribution in [0.25, 0.3) is 149 Å². The van der Waals surface area contributed by atoms with Crippen LogP contribution in [0.15, 0.2) is 233 Å². The minimum atomic E-state index is 0.347. The predicted octanol–water partition coefficient (Wildman–Crippen LogP) is 17.9. The van der Waals surface area contributed by atoms with Crippen molar-refractivity contribution >= 4 is 109 Å². The topological polar surface area (TPSA) is 88.7 Å². The van der Waals surface area contributed by atoms with Gasteiger partial charge in [0.05, 0.1) is 72.1 Å². The molecule has 0 fully saturated rings. The Labute approximate surface area is 427 Å². The fourth-order valence-electron chi connectivity index (χ4n) is 12.4. The smallest absolute Gasteiger partial charge is 0.145 e. The largest absolute Gasteiger partial charge is 0.455 e. The van der Waals surface area contributed by atoms with Gasteiger partial charge >= 0.3 is 0 Å². The maximum absolute atomic E-state index is 11.7. The van der Waals surface area contributed by atoms with Gasteiger partial charge in [-0.05, 0) is 65.7 Å². The lowest BCUT2D eigenvalue weighted by Crippen LogP contribution is -2.13. The van der Waals surface area contributed by atoms with E-state index in [1.807, 2.05) is 24.3 Å². The van der Waals surface area contributed by atoms with Gasteiger partial charge in [0.25, 0.3) is 0 Å². The van der Waals surface area contributed by atoms with Gasteiger partial charge in [-0.1, -0.05) is 170 Å². The standard InChI is InChI=1S/C68H37N5O2/c69-38-42-37-43(39-70)63(73-57-32-14-10-24-53(57)61-59(73)36-34-51-49-28-16-26-45(66(49)75-68(51)61)41-19-5-2-6-20-41)64(71-54-29-11-7-21-46(54)47-22-8-12-30-55(47)71)62(42)72-56-31-13-9-23-52(56)60-58(72)35-33-50-48-27-15-25-44(65(48)74-67(50)60)40-17-3-1-4-18-40/h1-37H. The molecule has 346 valence electrons. The highest BCUT2D eigenvalue weighted by Crippen LogP contribution is 2.49. The maximum Gasteiger partial charge on any atom is 0.145 e. The van der Waals surface area contributed by atoms with Gasteiger partial charge in [0.15, 0.2) is 0 Å². The van der Waals surface area contributed by atoms with E-state index in [9.17, 15) is 10.5 Å². The monoisotopic (exact) mass is 955 g/mol. The van der Waals surface area contributed by atoms with Crippen molar-refractivity contribution in [2.24, 2.45) is 0 Å². The van der Waals surface area contributed by atoms with E-state index in [-0.39, 0.29) is 0 Å². The third kappa shape index (κ3) is 5.56. The summed E-state index contributed by atoms with van der Waals surface area (Å²) in [5.74, 6) is 0. The highest BCUT2D eigenvalue weighted by Gasteiger charge is 2.31. The van der Waals surface area contributed by atoms with Gasteiger partial charge in [0.2, 0.25) is 0 Å². The van der Waals surface area contributed by atoms with Crippen LogP contribution in [0.4, 0.5) is 0 Å². The second kappa shape index (κ2) is 15.5. The Morgan fingerprint density at radius 1 is 0.280 bits per heavy atom. The quantitative estimate of drug-likeness (QED) is 0.172. The zero-order chi connectivity index (χ0) is 49.5. The number of para-hydroxylation sites is 6. The summed E-state index contributed by atoms with van der Waals surface area (Å²) in [5, 5.41) is 33.3. The molecule has 0 aliphatic rings. The van der Waals surface area contributed by atoms with Gasteiger partial charge in [-0.25, -0.2) is 0 Å². The molecule has 0 amide bonds. The SMILES string of the molecule is N#Cc1cc(C#N)c(-n2c3ccccc3c3c4oc5c(-c6ccccc6)cccc5c4ccc32)c(-n2c3ccccc3c3ccccc32)c1-n1c2ccccc2c2c3oc4c(-c5ccccc5)cccc4c3ccc21. The summed E-state index contributed by atoms with van der Waals surface area (Å²) in [7, 11) is 0. The van der Waals surface area contributed by atoms with E-state index in [4.69, 9.17) is 8.83 Å². The van der Waals surface area contributed by atoms with Crippen LogP contribution in [0.1, 0.15) is 11.1 Å². The molecule has 16 rings (SSSR count). The summed E-state index contributed by atoms with van der Waals surface area (Å²) in [6.07, 6.45) is 0. The number of hydrogen-bond acceptors (Lipinski definition) is 4. The Kier molecular flexibility index (Phi) is 8.46. The van der Waals surface area contributed by atoms with Crippen LogP contribution >= 0.6 is 0 Å². The van der Waals surface area contributed by atoms with Crippen LogP contribution in [0.5, 0.6) is 0 Å². The molecule has 7 nitrogen and oxygen atoms in total. The van der Waals surface area contributed by atoms with E-state index in [1.165, 1.54) is 0 Å². The first-order valence-electron chi connectivity index (χ1n) is 25.0. The molecule has 0 radical (unpaired) electrons. The normalized spacial score (nSPS) is 12.0. The summed E-state index contributed by atoms with van der Waals surface area (Å²) in [5.41, 5.74) is 15.3. The molecule has 5 aromatic heterocycles. The molecule has 0 unspecified atom stereocenters. The van der Waals surface area contributed by atoms with Gasteiger partial charge < -0.3 is 22.5 Å². The summed E-state index contributed by atoms with van der Waals surface area (Å²) < 4.78 is 21.0. The van der Waals surface area contributed by atoms with E-state index in [0.29, 0.717) is 28.2 Å². The molecule has 0 atom stereocenters. The Hall–Kier alpha value is -10.6. The van der Waals surface area contributed by atoms with Crippen molar-refractivity contribution in [1.82, 2.24) is 13.7 Å². The summed E-state index contributed by atoms with van der Waals surface area (Å²) in [4.78, 5) is 0. The van der Waals surface area contributed by atoms with Crippen molar-refractivity contribution in [2.45, 2.75) is 0 Å². The zero-order valence-corrected chi connectivity index (χ0v) is 39.9. The second-order valence-electron chi connectivity index (χ2n) is 19.3. The molecular formula is C68H37N5O2. The molecular weight excluding hydrogens is 919 g/mol. The molecule has 0 N–H and O–H groups in total. The third-order valence-electron chi connectivity index (χ3n) is 15.5. The Bertz CT molecular complexity index is 4890. The highest BCUT2D eigenvalue weighted by atomic mass is 16.3. The Morgan fingerprint density at radius 2 is 0.627 bits per heavy atom. The molecule has 0 bridgehead atoms. The van der Waals surface area contributed by atoms with Crippen LogP contribution in [-0.4, -0.2) is 13.7 Å². The molecule has 16 aromatic rings. The van der Waals surface area contributed by atoms with Crippen LogP contribution < -0.4 is 0 Å². The lowest BCUT2D eigenvalue weighted by atomic mass is 10.0. The first-order valence-corrected chi connectivity index (χ1v) is 25.0. The minimum absolute atomic E-state index is 0.347. The van der Waals surface area contributed by atoms with Crippen molar-refractivity contribution < 1.29 is 8.83 Å². The van der Waals surface area contributed by atoms with E-state index in [2.05, 4.69) is 220 Å². The van der Waals surface area contributed by atoms with Crippen molar-refractivity contribution in [3.8, 4) is 51.5 Å². The lowest BCUT2D eigenvalue weighted by Gasteiger charge is -2.24. The number of benzene rings is 11. The minimum Gasteiger partial charge on any atom is -0.455 e. The number of nitriles is 2. The molecule has 0 saturated heterocycles. The molecule has 0 saturated carbocycles. The van der Waals surface area contributed by atoms with Crippen LogP contribution in [0.2, 0.25) is 0 Å². The van der Waals surface area contributed by atoms with Gasteiger partial charge in [-0.15, -0.1) is 0 Å². The van der Waals surface area contributed by atoms with Gasteiger partial charge in [0, 0.05) is 54.2 Å². The summed E-state index contributed by atoms with van der Waals surface area (Å²) >= 11 is 0. The molecule has 75 heavy (non-hydrogen) atoms. The van der Waals surface area contributed by atoms with Gasteiger partial charge in [0.1, 0.15) is 34.5 Å². The van der Waals surface area contributed by atoms with Crippen molar-refractivity contribution in [1.29, 1.82) is 10.5 Å². The molecule has 0 aliphatic carbocycles. The number of furan rings is 2. The lowest BCUT2D eigenvalue weighted by molar-refractivity contribution is 0.673. The van der Waals surface area contributed by atoms with E-state index >= 15 is 0 Å². The van der Waals surface area contributed by atoms with E-state index in [1.54, 1.807) is 6.07 Å². The maximum atomic E-state index is 11.7. The Morgan fingerprint density at radius 3 is 1.05 bits per heavy atom. The number of aromatic nitrogens is 3. The van der Waals surface area contributed by atoms with E-state index in [0.717, 1.165) is 132 Å². The first kappa shape index (κ1) is 41.1. The average Bonchev–Trinajstić information content (AvgIpc) is 4.31. The van der Waals surface area contributed by atoms with Crippen molar-refractivity contribution in [3.63, 3.8) is 0 Å². The molecule has 0 spiro atoms. The van der Waals surface area contributed by atoms with Crippen LogP contribution in [0, 0.1) is 22.7 Å². The molecule has 11 aromatic carbocycles. The second-order valence-corrected chi connectivity index (χ2v) is 19.3. The van der Waals surface area contributed by atoms with Gasteiger partial charge in [-0.2, -0.15) is 10.5 Å². The molecule has 7 heteroatoms. The van der Waals surface area contributed by atoms with Crippen LogP contribution in [0.3, 0.4) is 0 Å². The average molecular weight is 956 g/mol. The third-order valence-corrected chi connectivity index (χ3v) is 15.5. The first-order chi connectivity index (χ1) is 37.2. The van der Waals surface area contributed by atoms with E-state index < -0.39 is 0 Å². The van der Waals surface area contributed by atoms with Crippen LogP contribution in [-0.2, 0) is 0 Å². The molecule has 0 aliphatic heterocycles. The van der Waals surface area contributed by atoms with Gasteiger partial charge in [-0.3, -0.25) is 0 Å². The predicted molar refractivity (Wildman–Crippen MR) is 304 cm³/mol. The highest BCUT2D eigenvalue weighted by molar-refractivity contribution is 6.27. The fraction of sp³-hybridized carbons (Fsp3) is 0. The van der Waals surface area contributed by atoms with Crippen molar-refractivity contribution in [2.75, 3.05) is 0 Å². The number of rotatable bonds is 5. The number of hydrogen-bond donors (Lipinski definition) is 0. The van der Waals surface area contributed by atoms with Crippen molar-refractivity contribution in [3.05, 3.63) is 236 Å². The summed E-state index contributed by atoms with van der Waals surface area (Å²) in [6.45, 7) is 0. The zero-order valence-electron chi connectivity index (χ0n) is 39.9.